The largest absolute Gasteiger partial charge is 0.497 e. The van der Waals surface area contributed by atoms with Gasteiger partial charge in [-0.3, -0.25) is 9.10 Å². The Hall–Kier alpha value is -3.46. The Morgan fingerprint density at radius 3 is 2.42 bits per heavy atom. The highest BCUT2D eigenvalue weighted by Gasteiger charge is 2.19. The van der Waals surface area contributed by atoms with Crippen LogP contribution in [0, 0.1) is 11.6 Å². The molecule has 162 valence electrons. The molecule has 0 aliphatic carbocycles. The van der Waals surface area contributed by atoms with E-state index in [1.54, 1.807) is 18.2 Å². The van der Waals surface area contributed by atoms with E-state index < -0.39 is 27.6 Å². The number of carbonyl (C=O) groups is 1. The zero-order chi connectivity index (χ0) is 22.8. The van der Waals surface area contributed by atoms with E-state index in [4.69, 9.17) is 4.74 Å². The van der Waals surface area contributed by atoms with Crippen LogP contribution in [0.1, 0.15) is 10.4 Å². The van der Waals surface area contributed by atoms with E-state index in [-0.39, 0.29) is 22.5 Å². The molecule has 0 aromatic heterocycles. The van der Waals surface area contributed by atoms with Crippen molar-refractivity contribution in [2.75, 3.05) is 30.0 Å². The standard InChI is InChI=1S/C22H20F2N2O4S/c1-26(31(3,28)29)21-10-7-14(18-9-8-16(23)13-19(18)24)12-20(21)25-22(27)15-5-4-6-17(11-15)30-2/h4-13H,1-3H3,(H,25,27). The van der Waals surface area contributed by atoms with Gasteiger partial charge in [0, 0.05) is 24.2 Å². The van der Waals surface area contributed by atoms with E-state index in [0.717, 1.165) is 22.7 Å². The predicted octanol–water partition coefficient (Wildman–Crippen LogP) is 4.29. The molecule has 3 rings (SSSR count). The molecule has 0 aliphatic heterocycles. The van der Waals surface area contributed by atoms with Crippen molar-refractivity contribution < 1.29 is 26.7 Å². The first kappa shape index (κ1) is 22.2. The maximum atomic E-state index is 14.3. The van der Waals surface area contributed by atoms with Gasteiger partial charge >= 0.3 is 0 Å². The molecule has 0 radical (unpaired) electrons. The van der Waals surface area contributed by atoms with Gasteiger partial charge in [0.25, 0.3) is 5.91 Å². The number of rotatable bonds is 6. The smallest absolute Gasteiger partial charge is 0.255 e. The molecule has 0 aliphatic rings. The second kappa shape index (κ2) is 8.73. The normalized spacial score (nSPS) is 11.1. The average molecular weight is 446 g/mol. The van der Waals surface area contributed by atoms with Crippen LogP contribution in [0.25, 0.3) is 11.1 Å². The third kappa shape index (κ3) is 5.00. The summed E-state index contributed by atoms with van der Waals surface area (Å²) in [7, 11) is -0.836. The first-order valence-electron chi connectivity index (χ1n) is 9.09. The van der Waals surface area contributed by atoms with Gasteiger partial charge in [-0.2, -0.15) is 0 Å². The number of amides is 1. The first-order valence-corrected chi connectivity index (χ1v) is 10.9. The third-order valence-corrected chi connectivity index (χ3v) is 5.85. The monoisotopic (exact) mass is 446 g/mol. The van der Waals surface area contributed by atoms with Gasteiger partial charge < -0.3 is 10.1 Å². The van der Waals surface area contributed by atoms with Crippen molar-refractivity contribution in [1.82, 2.24) is 0 Å². The molecule has 0 spiro atoms. The second-order valence-corrected chi connectivity index (χ2v) is 8.79. The van der Waals surface area contributed by atoms with Gasteiger partial charge in [0.15, 0.2) is 0 Å². The van der Waals surface area contributed by atoms with Crippen LogP contribution in [-0.4, -0.2) is 34.7 Å². The van der Waals surface area contributed by atoms with Crippen LogP contribution in [-0.2, 0) is 10.0 Å². The second-order valence-electron chi connectivity index (χ2n) is 6.77. The fraction of sp³-hybridized carbons (Fsp3) is 0.136. The molecule has 1 amide bonds. The minimum Gasteiger partial charge on any atom is -0.497 e. The zero-order valence-electron chi connectivity index (χ0n) is 17.0. The molecule has 3 aromatic rings. The van der Waals surface area contributed by atoms with Crippen molar-refractivity contribution >= 4 is 27.3 Å². The highest BCUT2D eigenvalue weighted by atomic mass is 32.2. The topological polar surface area (TPSA) is 75.7 Å². The Kier molecular flexibility index (Phi) is 6.26. The molecule has 0 unspecified atom stereocenters. The van der Waals surface area contributed by atoms with E-state index >= 15 is 0 Å². The Morgan fingerprint density at radius 1 is 1.03 bits per heavy atom. The Bertz CT molecular complexity index is 1250. The molecule has 9 heteroatoms. The molecule has 3 aromatic carbocycles. The molecule has 0 atom stereocenters. The Morgan fingerprint density at radius 2 is 1.77 bits per heavy atom. The number of sulfonamides is 1. The maximum absolute atomic E-state index is 14.3. The SMILES string of the molecule is COc1cccc(C(=O)Nc2cc(-c3ccc(F)cc3F)ccc2N(C)S(C)(=O)=O)c1. The van der Waals surface area contributed by atoms with Gasteiger partial charge in [-0.15, -0.1) is 0 Å². The number of benzene rings is 3. The summed E-state index contributed by atoms with van der Waals surface area (Å²) in [6.45, 7) is 0. The number of hydrogen-bond donors (Lipinski definition) is 1. The first-order chi connectivity index (χ1) is 14.6. The molecule has 0 fully saturated rings. The summed E-state index contributed by atoms with van der Waals surface area (Å²) in [6.07, 6.45) is 1.02. The number of anilines is 2. The Labute approximate surface area is 179 Å². The van der Waals surface area contributed by atoms with Crippen LogP contribution < -0.4 is 14.4 Å². The summed E-state index contributed by atoms with van der Waals surface area (Å²) in [5.41, 5.74) is 1.05. The molecule has 6 nitrogen and oxygen atoms in total. The summed E-state index contributed by atoms with van der Waals surface area (Å²) < 4.78 is 57.8. The molecule has 31 heavy (non-hydrogen) atoms. The van der Waals surface area contributed by atoms with Crippen LogP contribution >= 0.6 is 0 Å². The number of methoxy groups -OCH3 is 1. The molecule has 0 saturated heterocycles. The molecule has 1 N–H and O–H groups in total. The maximum Gasteiger partial charge on any atom is 0.255 e. The summed E-state index contributed by atoms with van der Waals surface area (Å²) in [5, 5.41) is 2.68. The number of nitrogens with zero attached hydrogens (tertiary/aromatic N) is 1. The van der Waals surface area contributed by atoms with Crippen molar-refractivity contribution in [3.8, 4) is 16.9 Å². The van der Waals surface area contributed by atoms with Crippen LogP contribution in [0.4, 0.5) is 20.2 Å². The lowest BCUT2D eigenvalue weighted by Crippen LogP contribution is -2.26. The minimum absolute atomic E-state index is 0.104. The van der Waals surface area contributed by atoms with Crippen LogP contribution in [0.15, 0.2) is 60.7 Å². The lowest BCUT2D eigenvalue weighted by Gasteiger charge is -2.21. The van der Waals surface area contributed by atoms with E-state index in [1.165, 1.54) is 44.5 Å². The van der Waals surface area contributed by atoms with Gasteiger partial charge in [-0.25, -0.2) is 17.2 Å². The van der Waals surface area contributed by atoms with E-state index in [0.29, 0.717) is 11.3 Å². The molecule has 0 bridgehead atoms. The lowest BCUT2D eigenvalue weighted by molar-refractivity contribution is 0.102. The number of halogens is 2. The Balaban J connectivity index is 2.08. The van der Waals surface area contributed by atoms with Crippen LogP contribution in [0.3, 0.4) is 0 Å². The number of ether oxygens (including phenoxy) is 1. The van der Waals surface area contributed by atoms with Crippen molar-refractivity contribution in [3.63, 3.8) is 0 Å². The van der Waals surface area contributed by atoms with E-state index in [1.807, 2.05) is 0 Å². The van der Waals surface area contributed by atoms with Gasteiger partial charge in [0.1, 0.15) is 17.4 Å². The summed E-state index contributed by atoms with van der Waals surface area (Å²) in [6, 6.07) is 13.9. The summed E-state index contributed by atoms with van der Waals surface area (Å²) in [4.78, 5) is 12.8. The fourth-order valence-electron chi connectivity index (χ4n) is 2.94. The fourth-order valence-corrected chi connectivity index (χ4v) is 3.46. The predicted molar refractivity (Wildman–Crippen MR) is 116 cm³/mol. The number of nitrogens with one attached hydrogen (secondary N) is 1. The van der Waals surface area contributed by atoms with Crippen LogP contribution in [0.5, 0.6) is 5.75 Å². The van der Waals surface area contributed by atoms with Crippen molar-refractivity contribution in [2.24, 2.45) is 0 Å². The molecule has 0 saturated carbocycles. The van der Waals surface area contributed by atoms with Crippen molar-refractivity contribution in [1.29, 1.82) is 0 Å². The van der Waals surface area contributed by atoms with Gasteiger partial charge in [-0.05, 0) is 48.0 Å². The van der Waals surface area contributed by atoms with Gasteiger partial charge in [-0.1, -0.05) is 12.1 Å². The highest BCUT2D eigenvalue weighted by molar-refractivity contribution is 7.92. The molecular formula is C22H20F2N2O4S. The van der Waals surface area contributed by atoms with E-state index in [2.05, 4.69) is 5.32 Å². The third-order valence-electron chi connectivity index (χ3n) is 4.66. The van der Waals surface area contributed by atoms with Crippen molar-refractivity contribution in [3.05, 3.63) is 77.9 Å². The average Bonchev–Trinajstić information content (AvgIpc) is 2.72. The van der Waals surface area contributed by atoms with Gasteiger partial charge in [0.05, 0.1) is 24.7 Å². The quantitative estimate of drug-likeness (QED) is 0.613. The summed E-state index contributed by atoms with van der Waals surface area (Å²) >= 11 is 0. The van der Waals surface area contributed by atoms with Crippen LogP contribution in [0.2, 0.25) is 0 Å². The highest BCUT2D eigenvalue weighted by Crippen LogP contribution is 2.34. The zero-order valence-corrected chi connectivity index (χ0v) is 17.8. The molecular weight excluding hydrogens is 426 g/mol. The van der Waals surface area contributed by atoms with Crippen molar-refractivity contribution in [2.45, 2.75) is 0 Å². The van der Waals surface area contributed by atoms with E-state index in [9.17, 15) is 22.0 Å². The number of carbonyl (C=O) groups excluding carboxylic acids is 1. The lowest BCUT2D eigenvalue weighted by atomic mass is 10.0. The van der Waals surface area contributed by atoms with Gasteiger partial charge in [0.2, 0.25) is 10.0 Å². The molecule has 0 heterocycles. The summed E-state index contributed by atoms with van der Waals surface area (Å²) in [5.74, 6) is -1.54. The number of hydrogen-bond acceptors (Lipinski definition) is 4. The minimum atomic E-state index is -3.64.